The van der Waals surface area contributed by atoms with Crippen LogP contribution in [0.5, 0.6) is 5.88 Å². The number of anilines is 3. The van der Waals surface area contributed by atoms with Crippen molar-refractivity contribution in [3.05, 3.63) is 42.0 Å². The van der Waals surface area contributed by atoms with Gasteiger partial charge in [-0.3, -0.25) is 0 Å². The molecule has 0 aliphatic rings. The van der Waals surface area contributed by atoms with Crippen molar-refractivity contribution in [3.63, 3.8) is 0 Å². The number of aryl methyl sites for hydroxylation is 1. The van der Waals surface area contributed by atoms with Crippen molar-refractivity contribution in [2.75, 3.05) is 11.1 Å². The molecular formula is C16H21N3O. The Morgan fingerprint density at radius 3 is 2.55 bits per heavy atom. The number of nitrogens with two attached hydrogens (primary N) is 1. The Balaban J connectivity index is 2.23. The summed E-state index contributed by atoms with van der Waals surface area (Å²) in [6, 6.07) is 11.7. The first-order chi connectivity index (χ1) is 9.33. The molecule has 0 saturated carbocycles. The lowest BCUT2D eigenvalue weighted by molar-refractivity contribution is 0.125. The highest BCUT2D eigenvalue weighted by molar-refractivity contribution is 5.61. The van der Waals surface area contributed by atoms with Gasteiger partial charge in [0.1, 0.15) is 11.4 Å². The van der Waals surface area contributed by atoms with E-state index in [0.717, 1.165) is 5.69 Å². The summed E-state index contributed by atoms with van der Waals surface area (Å²) >= 11 is 0. The second-order valence-electron chi connectivity index (χ2n) is 5.80. The van der Waals surface area contributed by atoms with E-state index in [1.54, 1.807) is 6.07 Å². The molecule has 0 saturated heterocycles. The van der Waals surface area contributed by atoms with Gasteiger partial charge in [0, 0.05) is 5.69 Å². The highest BCUT2D eigenvalue weighted by atomic mass is 16.5. The maximum absolute atomic E-state index is 5.90. The largest absolute Gasteiger partial charge is 0.470 e. The Hall–Kier alpha value is -2.23. The van der Waals surface area contributed by atoms with Crippen LogP contribution in [0.1, 0.15) is 26.3 Å². The van der Waals surface area contributed by atoms with Crippen LogP contribution in [0.25, 0.3) is 0 Å². The van der Waals surface area contributed by atoms with Crippen LogP contribution in [-0.4, -0.2) is 10.6 Å². The normalized spacial score (nSPS) is 11.2. The van der Waals surface area contributed by atoms with Crippen LogP contribution in [-0.2, 0) is 0 Å². The van der Waals surface area contributed by atoms with Crippen LogP contribution in [0.2, 0.25) is 0 Å². The van der Waals surface area contributed by atoms with Crippen LogP contribution in [0, 0.1) is 6.92 Å². The predicted octanol–water partition coefficient (Wildman–Crippen LogP) is 3.89. The summed E-state index contributed by atoms with van der Waals surface area (Å²) in [5.41, 5.74) is 8.29. The lowest BCUT2D eigenvalue weighted by atomic mass is 10.2. The minimum atomic E-state index is -0.330. The highest BCUT2D eigenvalue weighted by Gasteiger charge is 2.15. The van der Waals surface area contributed by atoms with Gasteiger partial charge in [0.25, 0.3) is 0 Å². The molecular weight excluding hydrogens is 250 g/mol. The summed E-state index contributed by atoms with van der Waals surface area (Å²) < 4.78 is 5.76. The van der Waals surface area contributed by atoms with Crippen LogP contribution in [0.3, 0.4) is 0 Å². The van der Waals surface area contributed by atoms with E-state index in [9.17, 15) is 0 Å². The van der Waals surface area contributed by atoms with Crippen LogP contribution < -0.4 is 15.8 Å². The van der Waals surface area contributed by atoms with Gasteiger partial charge in [-0.05, 0) is 57.5 Å². The molecule has 0 aliphatic carbocycles. The van der Waals surface area contributed by atoms with Gasteiger partial charge >= 0.3 is 0 Å². The van der Waals surface area contributed by atoms with E-state index in [1.165, 1.54) is 5.56 Å². The molecule has 20 heavy (non-hydrogen) atoms. The van der Waals surface area contributed by atoms with Gasteiger partial charge in [0.15, 0.2) is 0 Å². The third-order valence-electron chi connectivity index (χ3n) is 2.58. The zero-order valence-corrected chi connectivity index (χ0v) is 12.4. The number of hydrogen-bond acceptors (Lipinski definition) is 4. The minimum absolute atomic E-state index is 0.330. The molecule has 1 aromatic heterocycles. The van der Waals surface area contributed by atoms with Crippen LogP contribution >= 0.6 is 0 Å². The maximum Gasteiger partial charge on any atom is 0.239 e. The number of pyridine rings is 1. The van der Waals surface area contributed by atoms with Gasteiger partial charge in [0.05, 0.1) is 5.69 Å². The van der Waals surface area contributed by atoms with Crippen molar-refractivity contribution >= 4 is 17.2 Å². The van der Waals surface area contributed by atoms with E-state index in [4.69, 9.17) is 10.5 Å². The number of aromatic nitrogens is 1. The standard InChI is InChI=1S/C16H21N3O/c1-11-6-5-7-12(10-11)18-14-9-8-13(17)15(19-14)20-16(2,3)4/h5-10H,17H2,1-4H3,(H,18,19). The quantitative estimate of drug-likeness (QED) is 0.889. The van der Waals surface area contributed by atoms with E-state index >= 15 is 0 Å². The third kappa shape index (κ3) is 3.88. The first kappa shape index (κ1) is 14.2. The Morgan fingerprint density at radius 1 is 1.15 bits per heavy atom. The molecule has 0 spiro atoms. The number of nitrogen functional groups attached to an aromatic ring is 1. The van der Waals surface area contributed by atoms with Gasteiger partial charge < -0.3 is 15.8 Å². The van der Waals surface area contributed by atoms with Gasteiger partial charge in [-0.1, -0.05) is 12.1 Å². The topological polar surface area (TPSA) is 60.2 Å². The smallest absolute Gasteiger partial charge is 0.239 e. The van der Waals surface area contributed by atoms with E-state index in [-0.39, 0.29) is 5.60 Å². The van der Waals surface area contributed by atoms with Crippen molar-refractivity contribution in [1.82, 2.24) is 4.98 Å². The average Bonchev–Trinajstić information content (AvgIpc) is 2.32. The first-order valence-corrected chi connectivity index (χ1v) is 6.63. The van der Waals surface area contributed by atoms with E-state index in [2.05, 4.69) is 29.4 Å². The molecule has 0 atom stereocenters. The second kappa shape index (κ2) is 5.41. The first-order valence-electron chi connectivity index (χ1n) is 6.63. The average molecular weight is 271 g/mol. The summed E-state index contributed by atoms with van der Waals surface area (Å²) in [5.74, 6) is 1.17. The lowest BCUT2D eigenvalue weighted by Gasteiger charge is -2.21. The second-order valence-corrected chi connectivity index (χ2v) is 5.80. The zero-order valence-electron chi connectivity index (χ0n) is 12.4. The fourth-order valence-electron chi connectivity index (χ4n) is 1.76. The minimum Gasteiger partial charge on any atom is -0.470 e. The maximum atomic E-state index is 5.90. The zero-order chi connectivity index (χ0) is 14.8. The van der Waals surface area contributed by atoms with E-state index in [0.29, 0.717) is 17.4 Å². The van der Waals surface area contributed by atoms with Crippen molar-refractivity contribution in [1.29, 1.82) is 0 Å². The van der Waals surface area contributed by atoms with Gasteiger partial charge in [-0.15, -0.1) is 0 Å². The summed E-state index contributed by atoms with van der Waals surface area (Å²) in [6.45, 7) is 7.95. The third-order valence-corrected chi connectivity index (χ3v) is 2.58. The molecule has 3 N–H and O–H groups in total. The SMILES string of the molecule is Cc1cccc(Nc2ccc(N)c(OC(C)(C)C)n2)c1. The fraction of sp³-hybridized carbons (Fsp3) is 0.312. The molecule has 4 nitrogen and oxygen atoms in total. The van der Waals surface area contributed by atoms with E-state index in [1.807, 2.05) is 39.0 Å². The molecule has 0 aliphatic heterocycles. The number of benzene rings is 1. The molecule has 1 heterocycles. The molecule has 0 radical (unpaired) electrons. The predicted molar refractivity (Wildman–Crippen MR) is 83.5 cm³/mol. The van der Waals surface area contributed by atoms with Crippen molar-refractivity contribution in [2.24, 2.45) is 0 Å². The Kier molecular flexibility index (Phi) is 3.84. The van der Waals surface area contributed by atoms with Gasteiger partial charge in [0.2, 0.25) is 5.88 Å². The summed E-state index contributed by atoms with van der Waals surface area (Å²) in [4.78, 5) is 4.42. The molecule has 106 valence electrons. The summed E-state index contributed by atoms with van der Waals surface area (Å²) in [7, 11) is 0. The molecule has 0 unspecified atom stereocenters. The number of rotatable bonds is 3. The molecule has 0 fully saturated rings. The Morgan fingerprint density at radius 2 is 1.90 bits per heavy atom. The number of ether oxygens (including phenoxy) is 1. The lowest BCUT2D eigenvalue weighted by Crippen LogP contribution is -2.24. The molecule has 2 aromatic rings. The number of hydrogen-bond donors (Lipinski definition) is 2. The molecule has 4 heteroatoms. The van der Waals surface area contributed by atoms with E-state index < -0.39 is 0 Å². The van der Waals surface area contributed by atoms with Gasteiger partial charge in [-0.25, -0.2) is 0 Å². The molecule has 2 rings (SSSR count). The highest BCUT2D eigenvalue weighted by Crippen LogP contribution is 2.26. The van der Waals surface area contributed by atoms with Crippen molar-refractivity contribution < 1.29 is 4.74 Å². The monoisotopic (exact) mass is 271 g/mol. The van der Waals surface area contributed by atoms with Crippen LogP contribution in [0.15, 0.2) is 36.4 Å². The van der Waals surface area contributed by atoms with Crippen molar-refractivity contribution in [3.8, 4) is 5.88 Å². The van der Waals surface area contributed by atoms with Crippen molar-refractivity contribution in [2.45, 2.75) is 33.3 Å². The Bertz CT molecular complexity index is 603. The number of nitrogens with zero attached hydrogens (tertiary/aromatic N) is 1. The Labute approximate surface area is 120 Å². The van der Waals surface area contributed by atoms with Crippen LogP contribution in [0.4, 0.5) is 17.2 Å². The summed E-state index contributed by atoms with van der Waals surface area (Å²) in [5, 5.41) is 3.25. The molecule has 0 amide bonds. The number of nitrogens with one attached hydrogen (secondary N) is 1. The molecule has 1 aromatic carbocycles. The summed E-state index contributed by atoms with van der Waals surface area (Å²) in [6.07, 6.45) is 0. The molecule has 0 bridgehead atoms. The van der Waals surface area contributed by atoms with Gasteiger partial charge in [-0.2, -0.15) is 4.98 Å². The fourth-order valence-corrected chi connectivity index (χ4v) is 1.76.